The molecule has 2 amide bonds. The summed E-state index contributed by atoms with van der Waals surface area (Å²) < 4.78 is 12.4. The summed E-state index contributed by atoms with van der Waals surface area (Å²) in [5.41, 5.74) is 1.63. The summed E-state index contributed by atoms with van der Waals surface area (Å²) in [7, 11) is 1.55. The van der Waals surface area contributed by atoms with E-state index in [2.05, 4.69) is 10.6 Å². The van der Waals surface area contributed by atoms with E-state index in [0.29, 0.717) is 5.69 Å². The number of hydrogen-bond acceptors (Lipinski definition) is 1. The molecule has 82 valence electrons. The van der Waals surface area contributed by atoms with E-state index in [4.69, 9.17) is 0 Å². The third kappa shape index (κ3) is 3.23. The predicted molar refractivity (Wildman–Crippen MR) is 58.9 cm³/mol. The Labute approximate surface area is 88.7 Å². The average molecular weight is 210 g/mol. The fraction of sp³-hybridized carbons (Fsp3) is 0.364. The maximum Gasteiger partial charge on any atom is 0.318 e. The lowest BCUT2D eigenvalue weighted by Crippen LogP contribution is -2.24. The SMILES string of the molecule is CNC(=O)Nc1ccc(C(C)CF)cc1. The number of benzene rings is 1. The van der Waals surface area contributed by atoms with Crippen molar-refractivity contribution in [3.8, 4) is 0 Å². The topological polar surface area (TPSA) is 41.1 Å². The highest BCUT2D eigenvalue weighted by Gasteiger charge is 2.04. The number of urea groups is 1. The highest BCUT2D eigenvalue weighted by Crippen LogP contribution is 2.18. The van der Waals surface area contributed by atoms with Crippen LogP contribution >= 0.6 is 0 Å². The number of carbonyl (C=O) groups excluding carboxylic acids is 1. The van der Waals surface area contributed by atoms with Gasteiger partial charge in [-0.3, -0.25) is 4.39 Å². The van der Waals surface area contributed by atoms with Gasteiger partial charge in [-0.15, -0.1) is 0 Å². The Morgan fingerprint density at radius 2 is 2.00 bits per heavy atom. The van der Waals surface area contributed by atoms with Gasteiger partial charge in [0.15, 0.2) is 0 Å². The molecular formula is C11H15FN2O. The van der Waals surface area contributed by atoms with Crippen LogP contribution in [0.15, 0.2) is 24.3 Å². The van der Waals surface area contributed by atoms with Crippen molar-refractivity contribution < 1.29 is 9.18 Å². The largest absolute Gasteiger partial charge is 0.341 e. The van der Waals surface area contributed by atoms with Crippen molar-refractivity contribution in [2.24, 2.45) is 0 Å². The van der Waals surface area contributed by atoms with E-state index in [0.717, 1.165) is 5.56 Å². The minimum absolute atomic E-state index is 0.0981. The zero-order chi connectivity index (χ0) is 11.3. The molecule has 1 atom stereocenters. The van der Waals surface area contributed by atoms with E-state index in [1.165, 1.54) is 0 Å². The van der Waals surface area contributed by atoms with Crippen molar-refractivity contribution in [3.63, 3.8) is 0 Å². The fourth-order valence-corrected chi connectivity index (χ4v) is 1.18. The zero-order valence-corrected chi connectivity index (χ0v) is 8.88. The van der Waals surface area contributed by atoms with Gasteiger partial charge in [-0.2, -0.15) is 0 Å². The van der Waals surface area contributed by atoms with Gasteiger partial charge < -0.3 is 10.6 Å². The van der Waals surface area contributed by atoms with Crippen molar-refractivity contribution in [3.05, 3.63) is 29.8 Å². The summed E-state index contributed by atoms with van der Waals surface area (Å²) in [5.74, 6) is -0.0981. The zero-order valence-electron chi connectivity index (χ0n) is 8.88. The number of hydrogen-bond donors (Lipinski definition) is 2. The molecule has 0 aliphatic heterocycles. The Morgan fingerprint density at radius 3 is 2.47 bits per heavy atom. The lowest BCUT2D eigenvalue weighted by Gasteiger charge is -2.08. The molecule has 0 aromatic heterocycles. The molecule has 1 rings (SSSR count). The number of carbonyl (C=O) groups is 1. The molecule has 3 nitrogen and oxygen atoms in total. The average Bonchev–Trinajstić information content (AvgIpc) is 2.29. The van der Waals surface area contributed by atoms with Crippen LogP contribution in [0.5, 0.6) is 0 Å². The van der Waals surface area contributed by atoms with E-state index in [-0.39, 0.29) is 18.6 Å². The Balaban J connectivity index is 2.68. The van der Waals surface area contributed by atoms with E-state index in [1.807, 2.05) is 19.1 Å². The van der Waals surface area contributed by atoms with Gasteiger partial charge in [0, 0.05) is 18.7 Å². The summed E-state index contributed by atoms with van der Waals surface area (Å²) in [4.78, 5) is 11.0. The number of halogens is 1. The Morgan fingerprint density at radius 1 is 1.40 bits per heavy atom. The monoisotopic (exact) mass is 210 g/mol. The third-order valence-electron chi connectivity index (χ3n) is 2.20. The first-order valence-electron chi connectivity index (χ1n) is 4.82. The van der Waals surface area contributed by atoms with Crippen LogP contribution < -0.4 is 10.6 Å². The van der Waals surface area contributed by atoms with Crippen molar-refractivity contribution in [1.29, 1.82) is 0 Å². The first-order chi connectivity index (χ1) is 7.17. The molecule has 0 aliphatic carbocycles. The molecule has 0 saturated carbocycles. The van der Waals surface area contributed by atoms with Crippen LogP contribution in [0.25, 0.3) is 0 Å². The molecule has 15 heavy (non-hydrogen) atoms. The molecule has 1 aromatic carbocycles. The number of alkyl halides is 1. The third-order valence-corrected chi connectivity index (χ3v) is 2.20. The van der Waals surface area contributed by atoms with Crippen LogP contribution in [-0.4, -0.2) is 19.8 Å². The minimum Gasteiger partial charge on any atom is -0.341 e. The molecule has 0 heterocycles. The summed E-state index contributed by atoms with van der Waals surface area (Å²) in [6, 6.07) is 6.89. The first kappa shape index (κ1) is 11.5. The lowest BCUT2D eigenvalue weighted by atomic mass is 10.0. The van der Waals surface area contributed by atoms with Gasteiger partial charge in [0.1, 0.15) is 0 Å². The molecule has 0 bridgehead atoms. The molecule has 0 fully saturated rings. The second-order valence-electron chi connectivity index (χ2n) is 3.38. The van der Waals surface area contributed by atoms with Crippen molar-refractivity contribution in [2.45, 2.75) is 12.8 Å². The van der Waals surface area contributed by atoms with Gasteiger partial charge in [-0.1, -0.05) is 19.1 Å². The van der Waals surface area contributed by atoms with E-state index in [1.54, 1.807) is 19.2 Å². The molecular weight excluding hydrogens is 195 g/mol. The lowest BCUT2D eigenvalue weighted by molar-refractivity contribution is 0.254. The molecule has 0 saturated heterocycles. The Hall–Kier alpha value is -1.58. The smallest absolute Gasteiger partial charge is 0.318 e. The van der Waals surface area contributed by atoms with Crippen LogP contribution in [0.4, 0.5) is 14.9 Å². The number of nitrogens with one attached hydrogen (secondary N) is 2. The van der Waals surface area contributed by atoms with E-state index < -0.39 is 0 Å². The Bertz CT molecular complexity index is 324. The van der Waals surface area contributed by atoms with Crippen molar-refractivity contribution >= 4 is 11.7 Å². The molecule has 0 aliphatic rings. The summed E-state index contributed by atoms with van der Waals surface area (Å²) in [6.45, 7) is 1.45. The fourth-order valence-electron chi connectivity index (χ4n) is 1.18. The minimum atomic E-state index is -0.373. The Kier molecular flexibility index (Phi) is 4.09. The van der Waals surface area contributed by atoms with Crippen LogP contribution in [0, 0.1) is 0 Å². The highest BCUT2D eigenvalue weighted by molar-refractivity contribution is 5.88. The quantitative estimate of drug-likeness (QED) is 0.790. The maximum atomic E-state index is 12.4. The van der Waals surface area contributed by atoms with Gasteiger partial charge in [0.25, 0.3) is 0 Å². The molecule has 4 heteroatoms. The number of amides is 2. The molecule has 0 radical (unpaired) electrons. The van der Waals surface area contributed by atoms with Crippen LogP contribution in [0.2, 0.25) is 0 Å². The van der Waals surface area contributed by atoms with Crippen molar-refractivity contribution in [1.82, 2.24) is 5.32 Å². The van der Waals surface area contributed by atoms with Crippen molar-refractivity contribution in [2.75, 3.05) is 19.0 Å². The van der Waals surface area contributed by atoms with Gasteiger partial charge in [0.2, 0.25) is 0 Å². The van der Waals surface area contributed by atoms with Crippen LogP contribution in [-0.2, 0) is 0 Å². The molecule has 0 spiro atoms. The maximum absolute atomic E-state index is 12.4. The van der Waals surface area contributed by atoms with Gasteiger partial charge in [-0.05, 0) is 17.7 Å². The van der Waals surface area contributed by atoms with E-state index >= 15 is 0 Å². The summed E-state index contributed by atoms with van der Waals surface area (Å²) >= 11 is 0. The molecule has 2 N–H and O–H groups in total. The first-order valence-corrected chi connectivity index (χ1v) is 4.82. The highest BCUT2D eigenvalue weighted by atomic mass is 19.1. The second kappa shape index (κ2) is 5.34. The second-order valence-corrected chi connectivity index (χ2v) is 3.38. The summed E-state index contributed by atoms with van der Waals surface area (Å²) in [6.07, 6.45) is 0. The molecule has 1 aromatic rings. The van der Waals surface area contributed by atoms with Crippen LogP contribution in [0.1, 0.15) is 18.4 Å². The predicted octanol–water partition coefficient (Wildman–Crippen LogP) is 2.51. The van der Waals surface area contributed by atoms with Gasteiger partial charge in [0.05, 0.1) is 6.67 Å². The number of rotatable bonds is 3. The molecule has 1 unspecified atom stereocenters. The van der Waals surface area contributed by atoms with Gasteiger partial charge in [-0.25, -0.2) is 4.79 Å². The van der Waals surface area contributed by atoms with Gasteiger partial charge >= 0.3 is 6.03 Å². The normalized spacial score (nSPS) is 11.9. The number of anilines is 1. The standard InChI is InChI=1S/C11H15FN2O/c1-8(7-12)9-3-5-10(6-4-9)14-11(15)13-2/h3-6,8H,7H2,1-2H3,(H2,13,14,15). The van der Waals surface area contributed by atoms with E-state index in [9.17, 15) is 9.18 Å². The summed E-state index contributed by atoms with van der Waals surface area (Å²) in [5, 5.41) is 5.08. The van der Waals surface area contributed by atoms with Crippen LogP contribution in [0.3, 0.4) is 0 Å².